The molecule has 1 saturated heterocycles. The Hall–Kier alpha value is -0.320. The summed E-state index contributed by atoms with van der Waals surface area (Å²) in [6.07, 6.45) is 4.99. The van der Waals surface area contributed by atoms with Crippen LogP contribution in [0, 0.1) is 5.92 Å². The molecule has 1 aliphatic rings. The Morgan fingerprint density at radius 3 is 2.53 bits per heavy atom. The minimum Gasteiger partial charge on any atom is -0.381 e. The van der Waals surface area contributed by atoms with E-state index in [-0.39, 0.29) is 18.3 Å². The summed E-state index contributed by atoms with van der Waals surface area (Å²) in [5.41, 5.74) is 5.36. The number of rotatable bonds is 6. The highest BCUT2D eigenvalue weighted by Crippen LogP contribution is 2.19. The summed E-state index contributed by atoms with van der Waals surface area (Å²) in [6.45, 7) is 6.43. The second-order valence-corrected chi connectivity index (χ2v) is 5.74. The van der Waals surface area contributed by atoms with Gasteiger partial charge in [0.25, 0.3) is 0 Å². The van der Waals surface area contributed by atoms with Crippen molar-refractivity contribution in [2.45, 2.75) is 51.5 Å². The molecule has 1 fully saturated rings. The van der Waals surface area contributed by atoms with E-state index in [1.807, 2.05) is 14.0 Å². The summed E-state index contributed by atoms with van der Waals surface area (Å²) >= 11 is 0. The van der Waals surface area contributed by atoms with Gasteiger partial charge in [0.2, 0.25) is 5.91 Å². The molecule has 1 unspecified atom stereocenters. The first-order valence-electron chi connectivity index (χ1n) is 7.09. The van der Waals surface area contributed by atoms with Crippen LogP contribution in [0.5, 0.6) is 0 Å². The number of halogens is 1. The van der Waals surface area contributed by atoms with Crippen molar-refractivity contribution in [2.75, 3.05) is 26.8 Å². The van der Waals surface area contributed by atoms with E-state index in [9.17, 15) is 4.79 Å². The van der Waals surface area contributed by atoms with E-state index >= 15 is 0 Å². The first-order chi connectivity index (χ1) is 8.47. The van der Waals surface area contributed by atoms with Gasteiger partial charge in [-0.3, -0.25) is 4.79 Å². The molecule has 0 aromatic heterocycles. The third kappa shape index (κ3) is 6.11. The zero-order chi connectivity index (χ0) is 13.6. The molecule has 0 aromatic carbocycles. The number of nitrogens with two attached hydrogens (primary N) is 1. The van der Waals surface area contributed by atoms with Crippen LogP contribution < -0.4 is 5.73 Å². The number of hydrogen-bond acceptors (Lipinski definition) is 3. The molecule has 1 amide bonds. The second kappa shape index (κ2) is 8.77. The molecule has 5 heteroatoms. The normalized spacial score (nSPS) is 19.4. The van der Waals surface area contributed by atoms with Crippen LogP contribution in [-0.4, -0.2) is 43.2 Å². The summed E-state index contributed by atoms with van der Waals surface area (Å²) in [4.78, 5) is 14.0. The van der Waals surface area contributed by atoms with Gasteiger partial charge in [-0.25, -0.2) is 0 Å². The van der Waals surface area contributed by atoms with Gasteiger partial charge in [0.05, 0.1) is 5.54 Å². The molecule has 114 valence electrons. The lowest BCUT2D eigenvalue weighted by Gasteiger charge is -2.30. The molecule has 0 radical (unpaired) electrons. The number of carbonyl (C=O) groups is 1. The molecule has 4 nitrogen and oxygen atoms in total. The van der Waals surface area contributed by atoms with Crippen molar-refractivity contribution in [3.05, 3.63) is 0 Å². The molecule has 19 heavy (non-hydrogen) atoms. The van der Waals surface area contributed by atoms with Crippen LogP contribution >= 0.6 is 12.4 Å². The van der Waals surface area contributed by atoms with Crippen molar-refractivity contribution in [2.24, 2.45) is 11.7 Å². The predicted octanol–water partition coefficient (Wildman–Crippen LogP) is 2.20. The molecule has 0 aliphatic carbocycles. The monoisotopic (exact) mass is 292 g/mol. The Kier molecular flexibility index (Phi) is 8.62. The average Bonchev–Trinajstić information content (AvgIpc) is 2.36. The third-order valence-corrected chi connectivity index (χ3v) is 3.82. The van der Waals surface area contributed by atoms with Gasteiger partial charge in [-0.1, -0.05) is 13.3 Å². The quantitative estimate of drug-likeness (QED) is 0.816. The van der Waals surface area contributed by atoms with E-state index in [4.69, 9.17) is 10.5 Å². The second-order valence-electron chi connectivity index (χ2n) is 5.74. The predicted molar refractivity (Wildman–Crippen MR) is 80.5 cm³/mol. The number of likely N-dealkylation sites (N-methyl/N-ethyl adjacent to an activating group) is 1. The van der Waals surface area contributed by atoms with E-state index in [2.05, 4.69) is 6.92 Å². The van der Waals surface area contributed by atoms with Gasteiger partial charge in [0.1, 0.15) is 0 Å². The van der Waals surface area contributed by atoms with Crippen molar-refractivity contribution >= 4 is 18.3 Å². The summed E-state index contributed by atoms with van der Waals surface area (Å²) in [6, 6.07) is 0. The zero-order valence-electron chi connectivity index (χ0n) is 12.5. The summed E-state index contributed by atoms with van der Waals surface area (Å²) in [7, 11) is 1.86. The van der Waals surface area contributed by atoms with Crippen LogP contribution in [0.25, 0.3) is 0 Å². The Balaban J connectivity index is 0.00000324. The molecule has 1 rings (SSSR count). The molecule has 0 spiro atoms. The molecular formula is C14H29ClN2O2. The van der Waals surface area contributed by atoms with Crippen LogP contribution in [0.2, 0.25) is 0 Å². The SMILES string of the molecule is CCCC(C)(N)C(=O)N(C)CCC1CCOCC1.Cl. The van der Waals surface area contributed by atoms with Crippen LogP contribution in [0.15, 0.2) is 0 Å². The van der Waals surface area contributed by atoms with Crippen molar-refractivity contribution < 1.29 is 9.53 Å². The fourth-order valence-corrected chi connectivity index (χ4v) is 2.58. The summed E-state index contributed by atoms with van der Waals surface area (Å²) in [5.74, 6) is 0.764. The largest absolute Gasteiger partial charge is 0.381 e. The molecule has 1 atom stereocenters. The zero-order valence-corrected chi connectivity index (χ0v) is 13.3. The highest BCUT2D eigenvalue weighted by molar-refractivity contribution is 5.85. The lowest BCUT2D eigenvalue weighted by atomic mass is 9.94. The van der Waals surface area contributed by atoms with Gasteiger partial charge in [0.15, 0.2) is 0 Å². The standard InChI is InChI=1S/C14H28N2O2.ClH/c1-4-8-14(2,15)13(17)16(3)9-5-12-6-10-18-11-7-12;/h12H,4-11,15H2,1-3H3;1H. The van der Waals surface area contributed by atoms with Crippen molar-refractivity contribution in [1.29, 1.82) is 0 Å². The van der Waals surface area contributed by atoms with Crippen LogP contribution in [0.4, 0.5) is 0 Å². The molecule has 1 aliphatic heterocycles. The molecular weight excluding hydrogens is 264 g/mol. The Morgan fingerprint density at radius 2 is 2.00 bits per heavy atom. The van der Waals surface area contributed by atoms with E-state index in [1.165, 1.54) is 0 Å². The highest BCUT2D eigenvalue weighted by Gasteiger charge is 2.30. The van der Waals surface area contributed by atoms with Gasteiger partial charge < -0.3 is 15.4 Å². The lowest BCUT2D eigenvalue weighted by Crippen LogP contribution is -2.52. The topological polar surface area (TPSA) is 55.6 Å². The highest BCUT2D eigenvalue weighted by atomic mass is 35.5. The maximum Gasteiger partial charge on any atom is 0.242 e. The van der Waals surface area contributed by atoms with E-state index in [1.54, 1.807) is 4.90 Å². The van der Waals surface area contributed by atoms with E-state index in [0.29, 0.717) is 5.92 Å². The third-order valence-electron chi connectivity index (χ3n) is 3.82. The molecule has 1 heterocycles. The number of carbonyl (C=O) groups excluding carboxylic acids is 1. The maximum atomic E-state index is 12.2. The number of nitrogens with zero attached hydrogens (tertiary/aromatic N) is 1. The Morgan fingerprint density at radius 1 is 1.42 bits per heavy atom. The van der Waals surface area contributed by atoms with E-state index in [0.717, 1.165) is 51.9 Å². The molecule has 0 bridgehead atoms. The molecule has 2 N–H and O–H groups in total. The van der Waals surface area contributed by atoms with Gasteiger partial charge in [0, 0.05) is 26.8 Å². The molecule has 0 aromatic rings. The van der Waals surface area contributed by atoms with Gasteiger partial charge in [-0.15, -0.1) is 12.4 Å². The summed E-state index contributed by atoms with van der Waals surface area (Å²) < 4.78 is 5.34. The van der Waals surface area contributed by atoms with Crippen LogP contribution in [-0.2, 0) is 9.53 Å². The Bertz CT molecular complexity index is 266. The molecule has 0 saturated carbocycles. The van der Waals surface area contributed by atoms with Crippen molar-refractivity contribution in [3.8, 4) is 0 Å². The number of ether oxygens (including phenoxy) is 1. The smallest absolute Gasteiger partial charge is 0.242 e. The summed E-state index contributed by atoms with van der Waals surface area (Å²) in [5, 5.41) is 0. The van der Waals surface area contributed by atoms with Crippen LogP contribution in [0.3, 0.4) is 0 Å². The first kappa shape index (κ1) is 18.7. The van der Waals surface area contributed by atoms with Crippen LogP contribution in [0.1, 0.15) is 46.0 Å². The minimum atomic E-state index is -0.709. The van der Waals surface area contributed by atoms with E-state index < -0.39 is 5.54 Å². The number of hydrogen-bond donors (Lipinski definition) is 1. The Labute approximate surface area is 123 Å². The van der Waals surface area contributed by atoms with Crippen molar-refractivity contribution in [1.82, 2.24) is 4.90 Å². The van der Waals surface area contributed by atoms with Gasteiger partial charge in [-0.2, -0.15) is 0 Å². The van der Waals surface area contributed by atoms with Crippen molar-refractivity contribution in [3.63, 3.8) is 0 Å². The van der Waals surface area contributed by atoms with Gasteiger partial charge >= 0.3 is 0 Å². The first-order valence-corrected chi connectivity index (χ1v) is 7.09. The van der Waals surface area contributed by atoms with Gasteiger partial charge in [-0.05, 0) is 38.5 Å². The number of amides is 1. The lowest BCUT2D eigenvalue weighted by molar-refractivity contribution is -0.135. The fourth-order valence-electron chi connectivity index (χ4n) is 2.58. The maximum absolute atomic E-state index is 12.2. The minimum absolute atomic E-state index is 0. The average molecular weight is 293 g/mol. The fraction of sp³-hybridized carbons (Fsp3) is 0.929.